The summed E-state index contributed by atoms with van der Waals surface area (Å²) in [4.78, 5) is 0. The van der Waals surface area contributed by atoms with Gasteiger partial charge in [0.1, 0.15) is 0 Å². The molecule has 0 saturated heterocycles. The van der Waals surface area contributed by atoms with E-state index in [1.165, 1.54) is 16.7 Å². The molecule has 0 aromatic heterocycles. The monoisotopic (exact) mass is 198 g/mol. The van der Waals surface area contributed by atoms with Crippen molar-refractivity contribution in [1.82, 2.24) is 0 Å². The van der Waals surface area contributed by atoms with E-state index in [-0.39, 0.29) is 0 Å². The van der Waals surface area contributed by atoms with Crippen LogP contribution in [0.25, 0.3) is 5.57 Å². The summed E-state index contributed by atoms with van der Waals surface area (Å²) < 4.78 is 0. The quantitative estimate of drug-likeness (QED) is 0.626. The number of rotatable bonds is 3. The van der Waals surface area contributed by atoms with E-state index < -0.39 is 0 Å². The maximum atomic E-state index is 2.20. The van der Waals surface area contributed by atoms with Gasteiger partial charge in [0.25, 0.3) is 0 Å². The van der Waals surface area contributed by atoms with Gasteiger partial charge >= 0.3 is 0 Å². The van der Waals surface area contributed by atoms with Crippen LogP contribution in [0.5, 0.6) is 0 Å². The first-order valence-electron chi connectivity index (χ1n) is 5.30. The first kappa shape index (κ1) is 11.5. The third kappa shape index (κ3) is 3.59. The molecule has 0 N–H and O–H groups in total. The molecule has 0 heteroatoms. The van der Waals surface area contributed by atoms with Crippen molar-refractivity contribution in [1.29, 1.82) is 0 Å². The Hall–Kier alpha value is -1.56. The normalized spacial score (nSPS) is 12.9. The molecule has 0 atom stereocenters. The van der Waals surface area contributed by atoms with Crippen molar-refractivity contribution < 1.29 is 0 Å². The first-order valence-corrected chi connectivity index (χ1v) is 5.30. The van der Waals surface area contributed by atoms with E-state index in [1.54, 1.807) is 0 Å². The van der Waals surface area contributed by atoms with Gasteiger partial charge in [-0.1, -0.05) is 60.2 Å². The zero-order chi connectivity index (χ0) is 11.1. The first-order chi connectivity index (χ1) is 7.27. The summed E-state index contributed by atoms with van der Waals surface area (Å²) in [7, 11) is 0. The summed E-state index contributed by atoms with van der Waals surface area (Å²) in [5, 5.41) is 0. The van der Waals surface area contributed by atoms with Crippen LogP contribution >= 0.6 is 0 Å². The topological polar surface area (TPSA) is 0 Å². The lowest BCUT2D eigenvalue weighted by atomic mass is 10.0. The highest BCUT2D eigenvalue weighted by atomic mass is 14.0. The number of aryl methyl sites for hydroxylation is 1. The second kappa shape index (κ2) is 6.02. The van der Waals surface area contributed by atoms with Crippen LogP contribution in [0.3, 0.4) is 0 Å². The second-order valence-corrected chi connectivity index (χ2v) is 3.50. The van der Waals surface area contributed by atoms with Gasteiger partial charge < -0.3 is 0 Å². The maximum absolute atomic E-state index is 2.20. The van der Waals surface area contributed by atoms with Crippen molar-refractivity contribution in [3.8, 4) is 0 Å². The average molecular weight is 198 g/mol. The lowest BCUT2D eigenvalue weighted by Crippen LogP contribution is -1.81. The lowest BCUT2D eigenvalue weighted by molar-refractivity contribution is 1.45. The fourth-order valence-electron chi connectivity index (χ4n) is 1.45. The van der Waals surface area contributed by atoms with Crippen LogP contribution in [0, 0.1) is 6.92 Å². The molecule has 0 radical (unpaired) electrons. The molecular weight excluding hydrogens is 180 g/mol. The van der Waals surface area contributed by atoms with Crippen molar-refractivity contribution in [3.05, 3.63) is 65.8 Å². The molecule has 0 fully saturated rings. The molecule has 0 aliphatic rings. The van der Waals surface area contributed by atoms with Gasteiger partial charge in [0.2, 0.25) is 0 Å². The minimum absolute atomic E-state index is 1.26. The van der Waals surface area contributed by atoms with E-state index >= 15 is 0 Å². The summed E-state index contributed by atoms with van der Waals surface area (Å²) in [6.45, 7) is 6.20. The average Bonchev–Trinajstić information content (AvgIpc) is 2.24. The molecule has 0 aliphatic carbocycles. The molecule has 0 saturated carbocycles. The Morgan fingerprint density at radius 2 is 1.93 bits per heavy atom. The van der Waals surface area contributed by atoms with E-state index in [0.29, 0.717) is 0 Å². The minimum atomic E-state index is 1.26. The van der Waals surface area contributed by atoms with Crippen LogP contribution in [-0.2, 0) is 0 Å². The Balaban J connectivity index is 2.94. The van der Waals surface area contributed by atoms with Crippen molar-refractivity contribution in [2.45, 2.75) is 20.8 Å². The van der Waals surface area contributed by atoms with Gasteiger partial charge in [0, 0.05) is 0 Å². The Kier molecular flexibility index (Phi) is 4.62. The molecule has 0 aliphatic heterocycles. The van der Waals surface area contributed by atoms with Crippen molar-refractivity contribution >= 4 is 5.57 Å². The molecule has 1 aromatic rings. The molecule has 78 valence electrons. The molecule has 0 nitrogen and oxygen atoms in total. The summed E-state index contributed by atoms with van der Waals surface area (Å²) >= 11 is 0. The van der Waals surface area contributed by atoms with Crippen LogP contribution < -0.4 is 0 Å². The van der Waals surface area contributed by atoms with E-state index in [0.717, 1.165) is 0 Å². The van der Waals surface area contributed by atoms with Crippen molar-refractivity contribution in [3.63, 3.8) is 0 Å². The van der Waals surface area contributed by atoms with Crippen LogP contribution in [0.15, 0.2) is 54.6 Å². The Morgan fingerprint density at radius 3 is 2.53 bits per heavy atom. The van der Waals surface area contributed by atoms with Crippen molar-refractivity contribution in [2.24, 2.45) is 0 Å². The number of hydrogen-bond donors (Lipinski definition) is 0. The highest BCUT2D eigenvalue weighted by Gasteiger charge is 1.95. The number of allylic oxidation sites excluding steroid dienone is 6. The van der Waals surface area contributed by atoms with E-state index in [9.17, 15) is 0 Å². The molecule has 15 heavy (non-hydrogen) atoms. The van der Waals surface area contributed by atoms with Gasteiger partial charge in [0.05, 0.1) is 0 Å². The molecule has 0 heterocycles. The Labute approximate surface area is 92.6 Å². The highest BCUT2D eigenvalue weighted by molar-refractivity contribution is 5.74. The van der Waals surface area contributed by atoms with Crippen LogP contribution in [0.1, 0.15) is 25.0 Å². The summed E-state index contributed by atoms with van der Waals surface area (Å²) in [5.41, 5.74) is 3.83. The second-order valence-electron chi connectivity index (χ2n) is 3.50. The van der Waals surface area contributed by atoms with E-state index in [1.807, 2.05) is 19.1 Å². The smallest absolute Gasteiger partial charge is 0.0185 e. The predicted molar refractivity (Wildman–Crippen MR) is 68.8 cm³/mol. The molecule has 0 amide bonds. The molecule has 1 rings (SSSR count). The Morgan fingerprint density at radius 1 is 1.13 bits per heavy atom. The SMILES string of the molecule is C/C=C/C=C\C(=C/C)c1cccc(C)c1. The minimum Gasteiger partial charge on any atom is -0.0877 e. The van der Waals surface area contributed by atoms with Gasteiger partial charge in [-0.05, 0) is 31.9 Å². The lowest BCUT2D eigenvalue weighted by Gasteiger charge is -2.02. The number of benzene rings is 1. The summed E-state index contributed by atoms with van der Waals surface area (Å²) in [5.74, 6) is 0. The van der Waals surface area contributed by atoms with Gasteiger partial charge in [-0.2, -0.15) is 0 Å². The van der Waals surface area contributed by atoms with Gasteiger partial charge in [0.15, 0.2) is 0 Å². The fourth-order valence-corrected chi connectivity index (χ4v) is 1.45. The molecule has 1 aromatic carbocycles. The summed E-state index contributed by atoms with van der Waals surface area (Å²) in [6, 6.07) is 8.56. The van der Waals surface area contributed by atoms with E-state index in [4.69, 9.17) is 0 Å². The Bertz CT molecular complexity index is 392. The van der Waals surface area contributed by atoms with Crippen LogP contribution in [-0.4, -0.2) is 0 Å². The molecule has 0 spiro atoms. The maximum Gasteiger partial charge on any atom is -0.0185 e. The van der Waals surface area contributed by atoms with Crippen LogP contribution in [0.2, 0.25) is 0 Å². The van der Waals surface area contributed by atoms with Crippen LogP contribution in [0.4, 0.5) is 0 Å². The highest BCUT2D eigenvalue weighted by Crippen LogP contribution is 2.16. The van der Waals surface area contributed by atoms with Gasteiger partial charge in [-0.15, -0.1) is 0 Å². The van der Waals surface area contributed by atoms with Crippen molar-refractivity contribution in [2.75, 3.05) is 0 Å². The third-order valence-corrected chi connectivity index (χ3v) is 2.24. The predicted octanol–water partition coefficient (Wildman–Crippen LogP) is 4.53. The zero-order valence-electron chi connectivity index (χ0n) is 9.70. The molecule has 0 bridgehead atoms. The molecule has 0 unspecified atom stereocenters. The standard InChI is InChI=1S/C15H18/c1-4-6-7-10-14(5-2)15-11-8-9-13(3)12-15/h4-12H,1-3H3/b6-4+,10-7-,14-5+. The largest absolute Gasteiger partial charge is 0.0877 e. The van der Waals surface area contributed by atoms with Gasteiger partial charge in [-0.25, -0.2) is 0 Å². The van der Waals surface area contributed by atoms with Gasteiger partial charge in [-0.3, -0.25) is 0 Å². The third-order valence-electron chi connectivity index (χ3n) is 2.24. The zero-order valence-corrected chi connectivity index (χ0v) is 9.70. The number of hydrogen-bond acceptors (Lipinski definition) is 0. The summed E-state index contributed by atoms with van der Waals surface area (Å²) in [6.07, 6.45) is 10.4. The fraction of sp³-hybridized carbons (Fsp3) is 0.200. The van der Waals surface area contributed by atoms with E-state index in [2.05, 4.69) is 56.3 Å². The molecular formula is C15H18.